The molecule has 1 aliphatic carbocycles. The largest absolute Gasteiger partial charge is 0.294 e. The normalized spacial score (nSPS) is 23.8. The molecule has 1 nitrogen and oxygen atoms in total. The SMILES string of the molecule is CC(CC1CCC(F)(F)C1)C(=O)c1ccccc1. The number of Topliss-reactive ketones (excluding diaryl/α,β-unsaturated/α-hetero) is 1. The molecule has 2 atom stereocenters. The lowest BCUT2D eigenvalue weighted by Gasteiger charge is -2.15. The molecule has 98 valence electrons. The number of carbonyl (C=O) groups is 1. The summed E-state index contributed by atoms with van der Waals surface area (Å²) in [6.45, 7) is 1.84. The smallest absolute Gasteiger partial charge is 0.248 e. The maximum absolute atomic E-state index is 13.1. The monoisotopic (exact) mass is 252 g/mol. The van der Waals surface area contributed by atoms with Crippen LogP contribution in [-0.2, 0) is 0 Å². The van der Waals surface area contributed by atoms with Crippen LogP contribution in [0.2, 0.25) is 0 Å². The van der Waals surface area contributed by atoms with Crippen LogP contribution in [0.3, 0.4) is 0 Å². The molecule has 1 aromatic carbocycles. The highest BCUT2D eigenvalue weighted by Crippen LogP contribution is 2.41. The van der Waals surface area contributed by atoms with E-state index in [-0.39, 0.29) is 30.5 Å². The highest BCUT2D eigenvalue weighted by atomic mass is 19.3. The number of rotatable bonds is 4. The fraction of sp³-hybridized carbons (Fsp3) is 0.533. The van der Waals surface area contributed by atoms with Crippen LogP contribution in [0.4, 0.5) is 8.78 Å². The van der Waals surface area contributed by atoms with Crippen molar-refractivity contribution in [3.05, 3.63) is 35.9 Å². The highest BCUT2D eigenvalue weighted by molar-refractivity contribution is 5.97. The lowest BCUT2D eigenvalue weighted by atomic mass is 9.89. The molecule has 1 aliphatic rings. The first-order chi connectivity index (χ1) is 8.48. The van der Waals surface area contributed by atoms with E-state index in [4.69, 9.17) is 0 Å². The third-order valence-electron chi connectivity index (χ3n) is 3.70. The molecule has 0 aromatic heterocycles. The first kappa shape index (κ1) is 13.2. The summed E-state index contributed by atoms with van der Waals surface area (Å²) in [5.41, 5.74) is 0.676. The van der Waals surface area contributed by atoms with E-state index in [1.165, 1.54) is 0 Å². The first-order valence-electron chi connectivity index (χ1n) is 6.45. The van der Waals surface area contributed by atoms with Crippen molar-refractivity contribution in [3.8, 4) is 0 Å². The summed E-state index contributed by atoms with van der Waals surface area (Å²) in [6.07, 6.45) is 1.03. The molecule has 0 N–H and O–H groups in total. The number of ketones is 1. The Morgan fingerprint density at radius 2 is 2.06 bits per heavy atom. The Morgan fingerprint density at radius 3 is 2.61 bits per heavy atom. The van der Waals surface area contributed by atoms with Crippen LogP contribution < -0.4 is 0 Å². The molecule has 1 fully saturated rings. The van der Waals surface area contributed by atoms with Crippen molar-refractivity contribution < 1.29 is 13.6 Å². The third-order valence-corrected chi connectivity index (χ3v) is 3.70. The van der Waals surface area contributed by atoms with Gasteiger partial charge in [0.05, 0.1) is 0 Å². The van der Waals surface area contributed by atoms with E-state index < -0.39 is 5.92 Å². The Hall–Kier alpha value is -1.25. The predicted molar refractivity (Wildman–Crippen MR) is 66.8 cm³/mol. The summed E-state index contributed by atoms with van der Waals surface area (Å²) in [6, 6.07) is 9.07. The molecule has 0 radical (unpaired) electrons. The Balaban J connectivity index is 1.93. The van der Waals surface area contributed by atoms with Gasteiger partial charge >= 0.3 is 0 Å². The zero-order valence-electron chi connectivity index (χ0n) is 10.5. The number of carbonyl (C=O) groups excluding carboxylic acids is 1. The molecular weight excluding hydrogens is 234 g/mol. The molecule has 0 bridgehead atoms. The van der Waals surface area contributed by atoms with Crippen molar-refractivity contribution in [2.45, 2.75) is 38.5 Å². The van der Waals surface area contributed by atoms with Crippen LogP contribution in [0, 0.1) is 11.8 Å². The second-order valence-electron chi connectivity index (χ2n) is 5.33. The van der Waals surface area contributed by atoms with Gasteiger partial charge < -0.3 is 0 Å². The molecule has 18 heavy (non-hydrogen) atoms. The van der Waals surface area contributed by atoms with Gasteiger partial charge in [-0.2, -0.15) is 0 Å². The van der Waals surface area contributed by atoms with Crippen LogP contribution in [0.5, 0.6) is 0 Å². The first-order valence-corrected chi connectivity index (χ1v) is 6.45. The van der Waals surface area contributed by atoms with Crippen LogP contribution in [0.15, 0.2) is 30.3 Å². The van der Waals surface area contributed by atoms with Gasteiger partial charge in [0.2, 0.25) is 5.92 Å². The van der Waals surface area contributed by atoms with Crippen molar-refractivity contribution >= 4 is 5.78 Å². The van der Waals surface area contributed by atoms with Crippen molar-refractivity contribution in [1.29, 1.82) is 0 Å². The lowest BCUT2D eigenvalue weighted by Crippen LogP contribution is -2.16. The second-order valence-corrected chi connectivity index (χ2v) is 5.33. The highest BCUT2D eigenvalue weighted by Gasteiger charge is 2.40. The fourth-order valence-electron chi connectivity index (χ4n) is 2.74. The molecule has 0 saturated heterocycles. The van der Waals surface area contributed by atoms with Gasteiger partial charge in [-0.1, -0.05) is 37.3 Å². The van der Waals surface area contributed by atoms with Crippen LogP contribution in [-0.4, -0.2) is 11.7 Å². The van der Waals surface area contributed by atoms with Crippen LogP contribution in [0.1, 0.15) is 43.0 Å². The van der Waals surface area contributed by atoms with E-state index in [1.807, 2.05) is 25.1 Å². The quantitative estimate of drug-likeness (QED) is 0.729. The molecule has 1 saturated carbocycles. The maximum Gasteiger partial charge on any atom is 0.248 e. The summed E-state index contributed by atoms with van der Waals surface area (Å²) in [5.74, 6) is -2.64. The Labute approximate surface area is 106 Å². The van der Waals surface area contributed by atoms with Gasteiger partial charge in [0.15, 0.2) is 5.78 Å². The zero-order chi connectivity index (χ0) is 13.2. The topological polar surface area (TPSA) is 17.1 Å². The van der Waals surface area contributed by atoms with Crippen molar-refractivity contribution in [3.63, 3.8) is 0 Å². The number of alkyl halides is 2. The van der Waals surface area contributed by atoms with E-state index in [9.17, 15) is 13.6 Å². The second kappa shape index (κ2) is 5.17. The van der Waals surface area contributed by atoms with Gasteiger partial charge in [-0.05, 0) is 18.8 Å². The Kier molecular flexibility index (Phi) is 3.79. The number of hydrogen-bond acceptors (Lipinski definition) is 1. The summed E-state index contributed by atoms with van der Waals surface area (Å²) in [5, 5.41) is 0. The van der Waals surface area contributed by atoms with E-state index in [2.05, 4.69) is 0 Å². The summed E-state index contributed by atoms with van der Waals surface area (Å²) >= 11 is 0. The van der Waals surface area contributed by atoms with Crippen molar-refractivity contribution in [1.82, 2.24) is 0 Å². The van der Waals surface area contributed by atoms with Gasteiger partial charge in [0.25, 0.3) is 0 Å². The fourth-order valence-corrected chi connectivity index (χ4v) is 2.74. The van der Waals surface area contributed by atoms with Crippen molar-refractivity contribution in [2.24, 2.45) is 11.8 Å². The molecule has 3 heteroatoms. The molecule has 0 spiro atoms. The summed E-state index contributed by atoms with van der Waals surface area (Å²) in [7, 11) is 0. The lowest BCUT2D eigenvalue weighted by molar-refractivity contribution is 0.00413. The number of halogens is 2. The minimum absolute atomic E-state index is 0.0114. The van der Waals surface area contributed by atoms with Crippen LogP contribution in [0.25, 0.3) is 0 Å². The Morgan fingerprint density at radius 1 is 1.39 bits per heavy atom. The number of hydrogen-bond donors (Lipinski definition) is 0. The third kappa shape index (κ3) is 3.15. The zero-order valence-corrected chi connectivity index (χ0v) is 10.5. The van der Waals surface area contributed by atoms with Gasteiger partial charge in [0.1, 0.15) is 0 Å². The van der Waals surface area contributed by atoms with Gasteiger partial charge in [-0.15, -0.1) is 0 Å². The van der Waals surface area contributed by atoms with Crippen molar-refractivity contribution in [2.75, 3.05) is 0 Å². The average molecular weight is 252 g/mol. The van der Waals surface area contributed by atoms with E-state index >= 15 is 0 Å². The standard InChI is InChI=1S/C15H18F2O/c1-11(9-12-7-8-15(16,17)10-12)14(18)13-5-3-2-4-6-13/h2-6,11-12H,7-10H2,1H3. The summed E-state index contributed by atoms with van der Waals surface area (Å²) in [4.78, 5) is 12.1. The number of benzene rings is 1. The minimum atomic E-state index is -2.51. The molecule has 0 heterocycles. The maximum atomic E-state index is 13.1. The molecule has 0 aliphatic heterocycles. The van der Waals surface area contributed by atoms with E-state index in [0.29, 0.717) is 18.4 Å². The molecular formula is C15H18F2O. The molecule has 0 amide bonds. The van der Waals surface area contributed by atoms with Gasteiger partial charge in [0, 0.05) is 24.3 Å². The average Bonchev–Trinajstić information content (AvgIpc) is 2.68. The van der Waals surface area contributed by atoms with E-state index in [0.717, 1.165) is 0 Å². The van der Waals surface area contributed by atoms with E-state index in [1.54, 1.807) is 12.1 Å². The molecule has 1 aromatic rings. The van der Waals surface area contributed by atoms with Gasteiger partial charge in [-0.25, -0.2) is 8.78 Å². The molecule has 2 rings (SSSR count). The summed E-state index contributed by atoms with van der Waals surface area (Å²) < 4.78 is 26.2. The minimum Gasteiger partial charge on any atom is -0.294 e. The Bertz CT molecular complexity index is 414. The van der Waals surface area contributed by atoms with Gasteiger partial charge in [-0.3, -0.25) is 4.79 Å². The van der Waals surface area contributed by atoms with Crippen LogP contribution >= 0.6 is 0 Å². The predicted octanol–water partition coefficient (Wildman–Crippen LogP) is 4.33. The molecule has 2 unspecified atom stereocenters.